The number of hydrogen-bond donors (Lipinski definition) is 2. The molecule has 4 nitrogen and oxygen atoms in total. The van der Waals surface area contributed by atoms with Crippen LogP contribution in [0, 0.1) is 0 Å². The second-order valence-electron chi connectivity index (χ2n) is 4.66. The molecule has 7 heteroatoms. The number of likely N-dealkylation sites (N-methyl/N-ethyl adjacent to an activating group) is 1. The molecule has 0 aromatic heterocycles. The molecule has 0 atom stereocenters. The largest absolute Gasteiger partial charge is 0.417 e. The van der Waals surface area contributed by atoms with Crippen LogP contribution in [-0.2, 0) is 15.8 Å². The minimum absolute atomic E-state index is 0.00366. The molecule has 23 heavy (non-hydrogen) atoms. The number of halogens is 3. The molecule has 0 aliphatic carbocycles. The maximum Gasteiger partial charge on any atom is 0.417 e. The van der Waals surface area contributed by atoms with Crippen LogP contribution in [-0.4, -0.2) is 18.9 Å². The SMILES string of the molecule is CNC(=O)C(=O)Nc1ccc(-c2ccccc2)c(C(F)(F)F)c1. The number of carbonyl (C=O) groups is 2. The summed E-state index contributed by atoms with van der Waals surface area (Å²) < 4.78 is 39.9. The lowest BCUT2D eigenvalue weighted by atomic mass is 9.98. The van der Waals surface area contributed by atoms with Crippen molar-refractivity contribution in [3.8, 4) is 11.1 Å². The van der Waals surface area contributed by atoms with Gasteiger partial charge in [-0.1, -0.05) is 36.4 Å². The van der Waals surface area contributed by atoms with Gasteiger partial charge in [0.1, 0.15) is 0 Å². The molecule has 2 aromatic carbocycles. The summed E-state index contributed by atoms with van der Waals surface area (Å²) in [6.45, 7) is 0. The summed E-state index contributed by atoms with van der Waals surface area (Å²) in [5, 5.41) is 4.23. The molecule has 0 fully saturated rings. The van der Waals surface area contributed by atoms with E-state index in [1.54, 1.807) is 30.3 Å². The summed E-state index contributed by atoms with van der Waals surface area (Å²) >= 11 is 0. The first-order chi connectivity index (χ1) is 10.8. The van der Waals surface area contributed by atoms with Crippen molar-refractivity contribution in [1.29, 1.82) is 0 Å². The first-order valence-corrected chi connectivity index (χ1v) is 6.62. The fraction of sp³-hybridized carbons (Fsp3) is 0.125. The summed E-state index contributed by atoms with van der Waals surface area (Å²) in [5.41, 5.74) is -0.593. The smallest absolute Gasteiger partial charge is 0.351 e. The van der Waals surface area contributed by atoms with Gasteiger partial charge in [-0.15, -0.1) is 0 Å². The van der Waals surface area contributed by atoms with Crippen molar-refractivity contribution in [3.63, 3.8) is 0 Å². The van der Waals surface area contributed by atoms with Gasteiger partial charge < -0.3 is 10.6 Å². The van der Waals surface area contributed by atoms with Gasteiger partial charge >= 0.3 is 18.0 Å². The van der Waals surface area contributed by atoms with Crippen LogP contribution in [0.5, 0.6) is 0 Å². The Labute approximate surface area is 130 Å². The average molecular weight is 322 g/mol. The van der Waals surface area contributed by atoms with Gasteiger partial charge in [-0.05, 0) is 23.3 Å². The highest BCUT2D eigenvalue weighted by Crippen LogP contribution is 2.38. The summed E-state index contributed by atoms with van der Waals surface area (Å²) in [5.74, 6) is -1.97. The Balaban J connectivity index is 2.44. The Kier molecular flexibility index (Phi) is 4.68. The Morgan fingerprint density at radius 1 is 0.957 bits per heavy atom. The quantitative estimate of drug-likeness (QED) is 0.835. The predicted octanol–water partition coefficient (Wildman–Crippen LogP) is 3.06. The molecule has 2 rings (SSSR count). The van der Waals surface area contributed by atoms with Crippen LogP contribution in [0.4, 0.5) is 18.9 Å². The zero-order valence-electron chi connectivity index (χ0n) is 12.1. The Morgan fingerprint density at radius 3 is 2.17 bits per heavy atom. The monoisotopic (exact) mass is 322 g/mol. The van der Waals surface area contributed by atoms with E-state index in [0.717, 1.165) is 6.07 Å². The molecule has 0 saturated carbocycles. The van der Waals surface area contributed by atoms with E-state index in [2.05, 4.69) is 10.6 Å². The van der Waals surface area contributed by atoms with Gasteiger partial charge in [0.2, 0.25) is 0 Å². The van der Waals surface area contributed by atoms with E-state index in [1.165, 1.54) is 19.2 Å². The molecule has 2 N–H and O–H groups in total. The van der Waals surface area contributed by atoms with Crippen molar-refractivity contribution >= 4 is 17.5 Å². The Morgan fingerprint density at radius 2 is 1.61 bits per heavy atom. The number of nitrogens with one attached hydrogen (secondary N) is 2. The molecule has 2 aromatic rings. The molecule has 0 bridgehead atoms. The van der Waals surface area contributed by atoms with Crippen LogP contribution in [0.25, 0.3) is 11.1 Å². The van der Waals surface area contributed by atoms with Crippen LogP contribution in [0.3, 0.4) is 0 Å². The fourth-order valence-corrected chi connectivity index (χ4v) is 2.03. The van der Waals surface area contributed by atoms with E-state index in [-0.39, 0.29) is 11.3 Å². The Bertz CT molecular complexity index is 728. The molecular formula is C16H13F3N2O2. The normalized spacial score (nSPS) is 11.0. The number of hydrogen-bond acceptors (Lipinski definition) is 2. The summed E-state index contributed by atoms with van der Waals surface area (Å²) in [6.07, 6.45) is -4.60. The molecule has 0 aliphatic rings. The van der Waals surface area contributed by atoms with Gasteiger partial charge in [0.05, 0.1) is 5.56 Å². The third-order valence-electron chi connectivity index (χ3n) is 3.10. The van der Waals surface area contributed by atoms with Crippen molar-refractivity contribution in [3.05, 3.63) is 54.1 Å². The van der Waals surface area contributed by atoms with Crippen molar-refractivity contribution in [2.45, 2.75) is 6.18 Å². The highest BCUT2D eigenvalue weighted by Gasteiger charge is 2.34. The minimum Gasteiger partial charge on any atom is -0.351 e. The van der Waals surface area contributed by atoms with E-state index in [0.29, 0.717) is 5.56 Å². The zero-order chi connectivity index (χ0) is 17.0. The summed E-state index contributed by atoms with van der Waals surface area (Å²) in [7, 11) is 1.25. The van der Waals surface area contributed by atoms with Gasteiger partial charge in [0, 0.05) is 12.7 Å². The van der Waals surface area contributed by atoms with Crippen molar-refractivity contribution in [2.75, 3.05) is 12.4 Å². The first-order valence-electron chi connectivity index (χ1n) is 6.62. The third-order valence-corrected chi connectivity index (χ3v) is 3.10. The van der Waals surface area contributed by atoms with E-state index >= 15 is 0 Å². The van der Waals surface area contributed by atoms with E-state index < -0.39 is 23.6 Å². The summed E-state index contributed by atoms with van der Waals surface area (Å²) in [4.78, 5) is 22.6. The number of benzene rings is 2. The topological polar surface area (TPSA) is 58.2 Å². The predicted molar refractivity (Wildman–Crippen MR) is 79.6 cm³/mol. The minimum atomic E-state index is -4.60. The maximum absolute atomic E-state index is 13.3. The molecule has 0 radical (unpaired) electrons. The Hall–Kier alpha value is -2.83. The lowest BCUT2D eigenvalue weighted by molar-refractivity contribution is -0.137. The molecule has 0 aliphatic heterocycles. The first kappa shape index (κ1) is 16.5. The van der Waals surface area contributed by atoms with Crippen LogP contribution < -0.4 is 10.6 Å². The van der Waals surface area contributed by atoms with Gasteiger partial charge in [0.25, 0.3) is 0 Å². The van der Waals surface area contributed by atoms with Crippen LogP contribution in [0.1, 0.15) is 5.56 Å². The molecule has 0 heterocycles. The number of carbonyl (C=O) groups excluding carboxylic acids is 2. The molecule has 0 saturated heterocycles. The van der Waals surface area contributed by atoms with E-state index in [9.17, 15) is 22.8 Å². The molecule has 0 spiro atoms. The number of alkyl halides is 3. The number of rotatable bonds is 2. The van der Waals surface area contributed by atoms with E-state index in [4.69, 9.17) is 0 Å². The van der Waals surface area contributed by atoms with Crippen LogP contribution >= 0.6 is 0 Å². The highest BCUT2D eigenvalue weighted by molar-refractivity contribution is 6.39. The van der Waals surface area contributed by atoms with Crippen molar-refractivity contribution in [1.82, 2.24) is 5.32 Å². The molecular weight excluding hydrogens is 309 g/mol. The lowest BCUT2D eigenvalue weighted by Gasteiger charge is -2.15. The van der Waals surface area contributed by atoms with Gasteiger partial charge in [-0.25, -0.2) is 0 Å². The fourth-order valence-electron chi connectivity index (χ4n) is 2.03. The average Bonchev–Trinajstić information content (AvgIpc) is 2.54. The number of anilines is 1. The third kappa shape index (κ3) is 3.88. The maximum atomic E-state index is 13.3. The van der Waals surface area contributed by atoms with Crippen molar-refractivity contribution in [2.24, 2.45) is 0 Å². The second-order valence-corrected chi connectivity index (χ2v) is 4.66. The van der Waals surface area contributed by atoms with Gasteiger partial charge in [-0.3, -0.25) is 9.59 Å². The lowest BCUT2D eigenvalue weighted by Crippen LogP contribution is -2.32. The van der Waals surface area contributed by atoms with Crippen LogP contribution in [0.15, 0.2) is 48.5 Å². The number of amides is 2. The molecule has 0 unspecified atom stereocenters. The van der Waals surface area contributed by atoms with E-state index in [1.807, 2.05) is 0 Å². The molecule has 2 amide bonds. The zero-order valence-corrected chi connectivity index (χ0v) is 12.1. The van der Waals surface area contributed by atoms with Gasteiger partial charge in [0.15, 0.2) is 0 Å². The second kappa shape index (κ2) is 6.51. The standard InChI is InChI=1S/C16H13F3N2O2/c1-20-14(22)15(23)21-11-7-8-12(10-5-3-2-4-6-10)13(9-11)16(17,18)19/h2-9H,1H3,(H,20,22)(H,21,23). The van der Waals surface area contributed by atoms with Crippen LogP contribution in [0.2, 0.25) is 0 Å². The van der Waals surface area contributed by atoms with Gasteiger partial charge in [-0.2, -0.15) is 13.2 Å². The highest BCUT2D eigenvalue weighted by atomic mass is 19.4. The summed E-state index contributed by atoms with van der Waals surface area (Å²) in [6, 6.07) is 11.5. The molecule has 120 valence electrons. The van der Waals surface area contributed by atoms with Crippen molar-refractivity contribution < 1.29 is 22.8 Å².